The Bertz CT molecular complexity index is 959. The van der Waals surface area contributed by atoms with Gasteiger partial charge in [0, 0.05) is 34.2 Å². The van der Waals surface area contributed by atoms with E-state index in [9.17, 15) is 9.59 Å². The minimum Gasteiger partial charge on any atom is -0.497 e. The number of esters is 1. The SMILES string of the molecule is C=C1NC2=C(C(=O)CCC2)C(c2cccs2)C1C(=O)OCc1ccc(OC)cc1. The average molecular weight is 410 g/mol. The van der Waals surface area contributed by atoms with Gasteiger partial charge in [-0.05, 0) is 42.0 Å². The monoisotopic (exact) mass is 409 g/mol. The summed E-state index contributed by atoms with van der Waals surface area (Å²) in [5.41, 5.74) is 3.09. The predicted molar refractivity (Wildman–Crippen MR) is 111 cm³/mol. The van der Waals surface area contributed by atoms with Gasteiger partial charge >= 0.3 is 5.97 Å². The lowest BCUT2D eigenvalue weighted by Gasteiger charge is -2.37. The topological polar surface area (TPSA) is 64.6 Å². The second kappa shape index (κ2) is 8.25. The molecule has 150 valence electrons. The predicted octanol–water partition coefficient (Wildman–Crippen LogP) is 4.32. The maximum Gasteiger partial charge on any atom is 0.316 e. The molecule has 6 heteroatoms. The van der Waals surface area contributed by atoms with E-state index < -0.39 is 5.92 Å². The van der Waals surface area contributed by atoms with Gasteiger partial charge in [0.1, 0.15) is 18.3 Å². The number of rotatable bonds is 5. The highest BCUT2D eigenvalue weighted by molar-refractivity contribution is 7.10. The van der Waals surface area contributed by atoms with Crippen molar-refractivity contribution < 1.29 is 19.1 Å². The molecule has 1 aliphatic carbocycles. The van der Waals surface area contributed by atoms with Gasteiger partial charge in [-0.3, -0.25) is 9.59 Å². The lowest BCUT2D eigenvalue weighted by atomic mass is 9.74. The molecule has 0 radical (unpaired) electrons. The van der Waals surface area contributed by atoms with E-state index in [1.165, 1.54) is 0 Å². The van der Waals surface area contributed by atoms with Crippen LogP contribution in [0.3, 0.4) is 0 Å². The van der Waals surface area contributed by atoms with Gasteiger partial charge in [-0.25, -0.2) is 0 Å². The van der Waals surface area contributed by atoms with Crippen LogP contribution < -0.4 is 10.1 Å². The Morgan fingerprint density at radius 1 is 1.24 bits per heavy atom. The van der Waals surface area contributed by atoms with E-state index in [0.29, 0.717) is 12.1 Å². The van der Waals surface area contributed by atoms with Crippen molar-refractivity contribution in [2.45, 2.75) is 31.8 Å². The highest BCUT2D eigenvalue weighted by atomic mass is 32.1. The number of hydrogen-bond donors (Lipinski definition) is 1. The number of benzene rings is 1. The van der Waals surface area contributed by atoms with Gasteiger partial charge in [-0.2, -0.15) is 0 Å². The van der Waals surface area contributed by atoms with Crippen molar-refractivity contribution >= 4 is 23.1 Å². The van der Waals surface area contributed by atoms with Crippen LogP contribution in [-0.2, 0) is 20.9 Å². The zero-order valence-corrected chi connectivity index (χ0v) is 17.1. The largest absolute Gasteiger partial charge is 0.497 e. The zero-order chi connectivity index (χ0) is 20.4. The standard InChI is InChI=1S/C23H23NO4S/c1-14-20(23(26)28-13-15-8-10-16(27-2)11-9-15)22(19-7-4-12-29-19)21-17(24-14)5-3-6-18(21)25/h4,7-12,20,22,24H,1,3,5-6,13H2,2H3. The number of methoxy groups -OCH3 is 1. The van der Waals surface area contributed by atoms with E-state index in [0.717, 1.165) is 40.3 Å². The fraction of sp³-hybridized carbons (Fsp3) is 0.304. The molecule has 5 nitrogen and oxygen atoms in total. The lowest BCUT2D eigenvalue weighted by molar-refractivity contribution is -0.149. The Morgan fingerprint density at radius 3 is 2.72 bits per heavy atom. The van der Waals surface area contributed by atoms with Crippen LogP contribution >= 0.6 is 11.3 Å². The van der Waals surface area contributed by atoms with Crippen molar-refractivity contribution in [2.24, 2.45) is 5.92 Å². The van der Waals surface area contributed by atoms with Gasteiger partial charge in [0.25, 0.3) is 0 Å². The summed E-state index contributed by atoms with van der Waals surface area (Å²) in [5.74, 6) is -0.486. The molecule has 2 heterocycles. The molecule has 1 aromatic carbocycles. The number of allylic oxidation sites excluding steroid dienone is 2. The van der Waals surface area contributed by atoms with Crippen molar-refractivity contribution in [2.75, 3.05) is 7.11 Å². The van der Waals surface area contributed by atoms with Gasteiger partial charge in [0.2, 0.25) is 0 Å². The van der Waals surface area contributed by atoms with Crippen LogP contribution in [0.4, 0.5) is 0 Å². The number of carbonyl (C=O) groups is 2. The highest BCUT2D eigenvalue weighted by Crippen LogP contribution is 2.45. The van der Waals surface area contributed by atoms with Gasteiger partial charge in [0.15, 0.2) is 5.78 Å². The van der Waals surface area contributed by atoms with Gasteiger partial charge in [-0.1, -0.05) is 24.8 Å². The minimum atomic E-state index is -0.632. The van der Waals surface area contributed by atoms with E-state index in [-0.39, 0.29) is 24.3 Å². The van der Waals surface area contributed by atoms with Crippen LogP contribution in [-0.4, -0.2) is 18.9 Å². The number of Topliss-reactive ketones (excluding diaryl/α,β-unsaturated/α-hetero) is 1. The maximum atomic E-state index is 13.1. The Morgan fingerprint density at radius 2 is 2.03 bits per heavy atom. The second-order valence-corrected chi connectivity index (χ2v) is 8.23. The second-order valence-electron chi connectivity index (χ2n) is 7.25. The molecule has 2 aromatic rings. The molecule has 4 rings (SSSR count). The number of ether oxygens (including phenoxy) is 2. The zero-order valence-electron chi connectivity index (χ0n) is 16.3. The average Bonchev–Trinajstić information content (AvgIpc) is 3.26. The molecule has 0 saturated carbocycles. The van der Waals surface area contributed by atoms with E-state index >= 15 is 0 Å². The summed E-state index contributed by atoms with van der Waals surface area (Å²) in [4.78, 5) is 26.9. The fourth-order valence-corrected chi connectivity index (χ4v) is 4.88. The van der Waals surface area contributed by atoms with E-state index in [4.69, 9.17) is 9.47 Å². The first-order chi connectivity index (χ1) is 14.1. The molecule has 2 aliphatic rings. The summed E-state index contributed by atoms with van der Waals surface area (Å²) < 4.78 is 10.8. The molecule has 1 N–H and O–H groups in total. The van der Waals surface area contributed by atoms with Gasteiger partial charge < -0.3 is 14.8 Å². The Balaban J connectivity index is 1.60. The van der Waals surface area contributed by atoms with Crippen LogP contribution in [0.1, 0.15) is 35.6 Å². The molecule has 1 aliphatic heterocycles. The summed E-state index contributed by atoms with van der Waals surface area (Å²) in [6, 6.07) is 11.3. The Hall–Kier alpha value is -2.86. The van der Waals surface area contributed by atoms with E-state index in [1.54, 1.807) is 18.4 Å². The first-order valence-corrected chi connectivity index (χ1v) is 10.5. The molecule has 29 heavy (non-hydrogen) atoms. The number of carbonyl (C=O) groups excluding carboxylic acids is 2. The van der Waals surface area contributed by atoms with E-state index in [1.807, 2.05) is 41.8 Å². The maximum absolute atomic E-state index is 13.1. The first kappa shape index (κ1) is 19.5. The summed E-state index contributed by atoms with van der Waals surface area (Å²) in [6.45, 7) is 4.26. The van der Waals surface area contributed by atoms with Crippen molar-refractivity contribution in [3.05, 3.63) is 75.8 Å². The molecule has 0 amide bonds. The summed E-state index contributed by atoms with van der Waals surface area (Å²) >= 11 is 1.55. The summed E-state index contributed by atoms with van der Waals surface area (Å²) in [6.07, 6.45) is 2.14. The normalized spacial score (nSPS) is 21.4. The molecule has 0 bridgehead atoms. The molecule has 1 aromatic heterocycles. The highest BCUT2D eigenvalue weighted by Gasteiger charge is 2.44. The van der Waals surface area contributed by atoms with Crippen molar-refractivity contribution in [1.82, 2.24) is 5.32 Å². The van der Waals surface area contributed by atoms with Crippen LogP contribution in [0, 0.1) is 5.92 Å². The third-order valence-corrected chi connectivity index (χ3v) is 6.39. The molecule has 0 spiro atoms. The lowest BCUT2D eigenvalue weighted by Crippen LogP contribution is -2.40. The summed E-state index contributed by atoms with van der Waals surface area (Å²) in [5, 5.41) is 5.20. The molecule has 2 unspecified atom stereocenters. The number of hydrogen-bond acceptors (Lipinski definition) is 6. The summed E-state index contributed by atoms with van der Waals surface area (Å²) in [7, 11) is 1.61. The number of ketones is 1. The fourth-order valence-electron chi connectivity index (χ4n) is 4.01. The Labute approximate surface area is 174 Å². The van der Waals surface area contributed by atoms with Gasteiger partial charge in [-0.15, -0.1) is 11.3 Å². The van der Waals surface area contributed by atoms with Crippen LogP contribution in [0.2, 0.25) is 0 Å². The number of nitrogens with one attached hydrogen (secondary N) is 1. The smallest absolute Gasteiger partial charge is 0.316 e. The Kier molecular flexibility index (Phi) is 5.53. The minimum absolute atomic E-state index is 0.109. The van der Waals surface area contributed by atoms with Crippen molar-refractivity contribution in [1.29, 1.82) is 0 Å². The van der Waals surface area contributed by atoms with Crippen LogP contribution in [0.5, 0.6) is 5.75 Å². The van der Waals surface area contributed by atoms with Crippen molar-refractivity contribution in [3.8, 4) is 5.75 Å². The van der Waals surface area contributed by atoms with E-state index in [2.05, 4.69) is 11.9 Å². The molecule has 0 saturated heterocycles. The van der Waals surface area contributed by atoms with Crippen LogP contribution in [0.25, 0.3) is 0 Å². The van der Waals surface area contributed by atoms with Crippen LogP contribution in [0.15, 0.2) is 65.3 Å². The molecule has 0 fully saturated rings. The number of thiophene rings is 1. The van der Waals surface area contributed by atoms with Gasteiger partial charge in [0.05, 0.1) is 7.11 Å². The molecular weight excluding hydrogens is 386 g/mol. The third kappa shape index (κ3) is 3.85. The first-order valence-electron chi connectivity index (χ1n) is 9.63. The molecule has 2 atom stereocenters. The third-order valence-electron chi connectivity index (χ3n) is 5.43. The quantitative estimate of drug-likeness (QED) is 0.745. The van der Waals surface area contributed by atoms with Crippen molar-refractivity contribution in [3.63, 3.8) is 0 Å². The molecular formula is C23H23NO4S.